The van der Waals surface area contributed by atoms with Gasteiger partial charge in [0.15, 0.2) is 0 Å². The highest BCUT2D eigenvalue weighted by Gasteiger charge is 2.37. The lowest BCUT2D eigenvalue weighted by Gasteiger charge is -2.43. The monoisotopic (exact) mass is 470 g/mol. The number of piperidine rings is 2. The zero-order valence-electron chi connectivity index (χ0n) is 17.2. The number of amides is 1. The predicted octanol–water partition coefficient (Wildman–Crippen LogP) is 3.09. The zero-order valence-corrected chi connectivity index (χ0v) is 19.6. The number of hydrogen-bond acceptors (Lipinski definition) is 6. The summed E-state index contributed by atoms with van der Waals surface area (Å²) in [6, 6.07) is 4.95. The third-order valence-electron chi connectivity index (χ3n) is 6.03. The van der Waals surface area contributed by atoms with Crippen LogP contribution in [0.5, 0.6) is 0 Å². The second kappa shape index (κ2) is 8.70. The molecule has 7 nitrogen and oxygen atoms in total. The molecule has 2 aromatic heterocycles. The van der Waals surface area contributed by atoms with Gasteiger partial charge in [0.2, 0.25) is 5.91 Å². The van der Waals surface area contributed by atoms with Gasteiger partial charge in [0.25, 0.3) is 10.0 Å². The molecule has 0 bridgehead atoms. The Hall–Kier alpha value is -1.26. The Morgan fingerprint density at radius 3 is 2.63 bits per heavy atom. The van der Waals surface area contributed by atoms with E-state index < -0.39 is 16.1 Å². The Kier molecular flexibility index (Phi) is 6.37. The minimum Gasteiger partial charge on any atom is -0.338 e. The minimum atomic E-state index is -3.81. The number of nitrogens with one attached hydrogen (secondary N) is 1. The van der Waals surface area contributed by atoms with E-state index in [-0.39, 0.29) is 16.2 Å². The molecule has 0 saturated carbocycles. The summed E-state index contributed by atoms with van der Waals surface area (Å²) in [5.41, 5.74) is 0. The largest absolute Gasteiger partial charge is 0.338 e. The molecule has 1 N–H and O–H groups in total. The van der Waals surface area contributed by atoms with Gasteiger partial charge >= 0.3 is 0 Å². The average Bonchev–Trinajstić information content (AvgIpc) is 3.14. The lowest BCUT2D eigenvalue weighted by atomic mass is 9.97. The van der Waals surface area contributed by atoms with Crippen LogP contribution in [0.2, 0.25) is 5.15 Å². The second-order valence-electron chi connectivity index (χ2n) is 8.30. The van der Waals surface area contributed by atoms with Crippen molar-refractivity contribution < 1.29 is 13.2 Å². The standard InChI is InChI=1S/C20H27ClN4O3S2/c1-13(2)24-10-7-15(8-11-24)25-9-3-4-16(20(25)26)23-30(27,28)18-12-14-5-6-17(21)22-19(14)29-18/h5-6,12-13,15-16,23H,3-4,7-11H2,1-2H3/t16-/m0/s1. The first-order chi connectivity index (χ1) is 14.2. The van der Waals surface area contributed by atoms with E-state index in [1.165, 1.54) is 0 Å². The number of rotatable bonds is 5. The number of hydrogen-bond donors (Lipinski definition) is 1. The highest BCUT2D eigenvalue weighted by molar-refractivity contribution is 7.91. The van der Waals surface area contributed by atoms with E-state index in [0.717, 1.165) is 49.1 Å². The normalized spacial score (nSPS) is 22.3. The number of carbonyl (C=O) groups is 1. The molecule has 10 heteroatoms. The van der Waals surface area contributed by atoms with Gasteiger partial charge in [-0.3, -0.25) is 4.79 Å². The molecule has 4 rings (SSSR count). The van der Waals surface area contributed by atoms with Crippen LogP contribution in [0.1, 0.15) is 39.5 Å². The van der Waals surface area contributed by atoms with Crippen LogP contribution in [-0.4, -0.2) is 66.9 Å². The average molecular weight is 471 g/mol. The van der Waals surface area contributed by atoms with Crippen molar-refractivity contribution in [3.8, 4) is 0 Å². The van der Waals surface area contributed by atoms with Gasteiger partial charge in [-0.05, 0) is 57.7 Å². The Morgan fingerprint density at radius 2 is 1.93 bits per heavy atom. The number of likely N-dealkylation sites (tertiary alicyclic amines) is 2. The lowest BCUT2D eigenvalue weighted by Crippen LogP contribution is -2.57. The van der Waals surface area contributed by atoms with Gasteiger partial charge in [0.05, 0.1) is 0 Å². The number of pyridine rings is 1. The molecule has 30 heavy (non-hydrogen) atoms. The maximum absolute atomic E-state index is 13.1. The van der Waals surface area contributed by atoms with Crippen LogP contribution < -0.4 is 4.72 Å². The van der Waals surface area contributed by atoms with Gasteiger partial charge in [0, 0.05) is 37.1 Å². The van der Waals surface area contributed by atoms with Crippen molar-refractivity contribution >= 4 is 49.1 Å². The van der Waals surface area contributed by atoms with Crippen molar-refractivity contribution in [3.05, 3.63) is 23.4 Å². The van der Waals surface area contributed by atoms with Gasteiger partial charge in [-0.15, -0.1) is 11.3 Å². The molecule has 1 atom stereocenters. The SMILES string of the molecule is CC(C)N1CCC(N2CCC[C@H](NS(=O)(=O)c3cc4ccc(Cl)nc4s3)C2=O)CC1. The van der Waals surface area contributed by atoms with Crippen molar-refractivity contribution in [3.63, 3.8) is 0 Å². The van der Waals surface area contributed by atoms with E-state index in [0.29, 0.717) is 29.0 Å². The van der Waals surface area contributed by atoms with E-state index in [1.807, 2.05) is 4.90 Å². The molecule has 2 aliphatic heterocycles. The first-order valence-corrected chi connectivity index (χ1v) is 13.1. The summed E-state index contributed by atoms with van der Waals surface area (Å²) in [7, 11) is -3.81. The third kappa shape index (κ3) is 4.50. The Morgan fingerprint density at radius 1 is 1.20 bits per heavy atom. The zero-order chi connectivity index (χ0) is 21.5. The summed E-state index contributed by atoms with van der Waals surface area (Å²) in [5, 5.41) is 1.04. The molecule has 0 aromatic carbocycles. The maximum Gasteiger partial charge on any atom is 0.250 e. The topological polar surface area (TPSA) is 82.6 Å². The van der Waals surface area contributed by atoms with Crippen molar-refractivity contribution in [1.82, 2.24) is 19.5 Å². The van der Waals surface area contributed by atoms with Crippen molar-refractivity contribution in [1.29, 1.82) is 0 Å². The summed E-state index contributed by atoms with van der Waals surface area (Å²) in [5.74, 6) is -0.102. The van der Waals surface area contributed by atoms with E-state index in [2.05, 4.69) is 28.5 Å². The number of fused-ring (bicyclic) bond motifs is 1. The molecule has 2 aromatic rings. The molecule has 0 aliphatic carbocycles. The molecule has 2 saturated heterocycles. The van der Waals surface area contributed by atoms with Crippen LogP contribution in [0.4, 0.5) is 0 Å². The molecule has 0 unspecified atom stereocenters. The Labute approximate surface area is 186 Å². The third-order valence-corrected chi connectivity index (χ3v) is 9.23. The molecule has 2 aliphatic rings. The summed E-state index contributed by atoms with van der Waals surface area (Å²) in [6.45, 7) is 7.03. The maximum atomic E-state index is 13.1. The Bertz CT molecular complexity index is 1030. The van der Waals surface area contributed by atoms with Gasteiger partial charge in [-0.25, -0.2) is 13.4 Å². The second-order valence-corrected chi connectivity index (χ2v) is 11.7. The van der Waals surface area contributed by atoms with E-state index >= 15 is 0 Å². The lowest BCUT2D eigenvalue weighted by molar-refractivity contribution is -0.139. The first-order valence-electron chi connectivity index (χ1n) is 10.4. The quantitative estimate of drug-likeness (QED) is 0.679. The van der Waals surface area contributed by atoms with E-state index in [1.54, 1.807) is 18.2 Å². The smallest absolute Gasteiger partial charge is 0.250 e. The molecule has 2 fully saturated rings. The van der Waals surface area contributed by atoms with Crippen LogP contribution in [0, 0.1) is 0 Å². The van der Waals surface area contributed by atoms with Gasteiger partial charge in [-0.1, -0.05) is 11.6 Å². The Balaban J connectivity index is 1.46. The number of nitrogens with zero attached hydrogens (tertiary/aromatic N) is 3. The first kappa shape index (κ1) is 22.0. The minimum absolute atomic E-state index is 0.102. The van der Waals surface area contributed by atoms with E-state index in [9.17, 15) is 13.2 Å². The fourth-order valence-electron chi connectivity index (χ4n) is 4.34. The molecule has 164 valence electrons. The van der Waals surface area contributed by atoms with E-state index in [4.69, 9.17) is 11.6 Å². The molecule has 0 spiro atoms. The van der Waals surface area contributed by atoms with Gasteiger partial charge in [0.1, 0.15) is 20.2 Å². The number of thiophene rings is 1. The predicted molar refractivity (Wildman–Crippen MR) is 119 cm³/mol. The van der Waals surface area contributed by atoms with Crippen molar-refractivity contribution in [2.45, 2.75) is 61.9 Å². The fourth-order valence-corrected chi connectivity index (χ4v) is 7.11. The number of sulfonamides is 1. The van der Waals surface area contributed by atoms with Crippen molar-refractivity contribution in [2.75, 3.05) is 19.6 Å². The van der Waals surface area contributed by atoms with Crippen LogP contribution in [0.25, 0.3) is 10.2 Å². The molecule has 1 amide bonds. The van der Waals surface area contributed by atoms with Crippen LogP contribution in [-0.2, 0) is 14.8 Å². The molecular formula is C20H27ClN4O3S2. The molecule has 4 heterocycles. The summed E-state index contributed by atoms with van der Waals surface area (Å²) < 4.78 is 28.7. The number of halogens is 1. The summed E-state index contributed by atoms with van der Waals surface area (Å²) in [6.07, 6.45) is 3.19. The van der Waals surface area contributed by atoms with Crippen LogP contribution >= 0.6 is 22.9 Å². The highest BCUT2D eigenvalue weighted by atomic mass is 35.5. The summed E-state index contributed by atoms with van der Waals surface area (Å²) in [4.78, 5) is 22.2. The molecule has 0 radical (unpaired) electrons. The number of aromatic nitrogens is 1. The van der Waals surface area contributed by atoms with Crippen LogP contribution in [0.3, 0.4) is 0 Å². The highest BCUT2D eigenvalue weighted by Crippen LogP contribution is 2.30. The number of carbonyl (C=O) groups excluding carboxylic acids is 1. The van der Waals surface area contributed by atoms with Crippen LogP contribution in [0.15, 0.2) is 22.4 Å². The van der Waals surface area contributed by atoms with Gasteiger partial charge in [-0.2, -0.15) is 4.72 Å². The van der Waals surface area contributed by atoms with Gasteiger partial charge < -0.3 is 9.80 Å². The molecular weight excluding hydrogens is 444 g/mol. The fraction of sp³-hybridized carbons (Fsp3) is 0.600. The van der Waals surface area contributed by atoms with Crippen molar-refractivity contribution in [2.24, 2.45) is 0 Å². The summed E-state index contributed by atoms with van der Waals surface area (Å²) >= 11 is 6.97.